The monoisotopic (exact) mass is 557 g/mol. The zero-order valence-electron chi connectivity index (χ0n) is 21.7. The van der Waals surface area contributed by atoms with Crippen LogP contribution in [0, 0.1) is 19.3 Å². The number of esters is 1. The molecule has 0 saturated carbocycles. The smallest absolute Gasteiger partial charge is 0.410 e. The molecule has 1 spiro atoms. The topological polar surface area (TPSA) is 72.0 Å². The predicted octanol–water partition coefficient (Wildman–Crippen LogP) is 5.58. The third-order valence-corrected chi connectivity index (χ3v) is 8.26. The summed E-state index contributed by atoms with van der Waals surface area (Å²) in [6.45, 7) is 11.2. The van der Waals surface area contributed by atoms with Crippen molar-refractivity contribution in [1.82, 2.24) is 9.88 Å². The number of ether oxygens (including phenoxy) is 2. The molecule has 194 valence electrons. The minimum absolute atomic E-state index is 0.114. The van der Waals surface area contributed by atoms with Gasteiger partial charge in [0, 0.05) is 37.4 Å². The van der Waals surface area contributed by atoms with Crippen LogP contribution in [0.3, 0.4) is 0 Å². The van der Waals surface area contributed by atoms with Crippen LogP contribution in [0.5, 0.6) is 0 Å². The van der Waals surface area contributed by atoms with Crippen molar-refractivity contribution in [2.24, 2.45) is 5.41 Å². The third-order valence-electron chi connectivity index (χ3n) is 7.31. The van der Waals surface area contributed by atoms with E-state index in [1.165, 1.54) is 0 Å². The fraction of sp³-hybridized carbons (Fsp3) is 0.536. The molecule has 1 amide bonds. The Labute approximate surface area is 222 Å². The molecule has 4 rings (SSSR count). The summed E-state index contributed by atoms with van der Waals surface area (Å²) in [7, 11) is 0. The van der Waals surface area contributed by atoms with Gasteiger partial charge in [0.05, 0.1) is 28.4 Å². The van der Waals surface area contributed by atoms with Crippen molar-refractivity contribution < 1.29 is 19.1 Å². The van der Waals surface area contributed by atoms with Gasteiger partial charge in [-0.2, -0.15) is 0 Å². The first-order valence-corrected chi connectivity index (χ1v) is 13.5. The number of rotatable bonds is 6. The van der Waals surface area contributed by atoms with Crippen LogP contribution in [0.1, 0.15) is 55.6 Å². The average molecular weight is 559 g/mol. The van der Waals surface area contributed by atoms with Gasteiger partial charge in [-0.1, -0.05) is 30.3 Å². The number of carbonyl (C=O) groups excluding carboxylic acids is 2. The molecule has 2 saturated heterocycles. The Balaban J connectivity index is 1.41. The van der Waals surface area contributed by atoms with Crippen LogP contribution in [0.4, 0.5) is 10.5 Å². The quantitative estimate of drug-likeness (QED) is 0.431. The molecule has 0 unspecified atom stereocenters. The Morgan fingerprint density at radius 2 is 1.72 bits per heavy atom. The van der Waals surface area contributed by atoms with E-state index in [4.69, 9.17) is 9.47 Å². The zero-order chi connectivity index (χ0) is 25.9. The van der Waals surface area contributed by atoms with Crippen molar-refractivity contribution in [2.45, 2.75) is 66.1 Å². The number of halogens is 1. The molecule has 0 N–H and O–H groups in total. The van der Waals surface area contributed by atoms with Crippen molar-refractivity contribution in [3.63, 3.8) is 0 Å². The molecular formula is C28H36BrN3O4. The highest BCUT2D eigenvalue weighted by atomic mass is 79.9. The van der Waals surface area contributed by atoms with E-state index < -0.39 is 0 Å². The molecule has 8 heteroatoms. The summed E-state index contributed by atoms with van der Waals surface area (Å²) < 4.78 is 11.9. The maximum absolute atomic E-state index is 12.7. The molecule has 1 aromatic heterocycles. The lowest BCUT2D eigenvalue weighted by molar-refractivity contribution is -0.146. The van der Waals surface area contributed by atoms with Gasteiger partial charge in [0.1, 0.15) is 6.61 Å². The van der Waals surface area contributed by atoms with Gasteiger partial charge in [-0.25, -0.2) is 4.79 Å². The highest BCUT2D eigenvalue weighted by Crippen LogP contribution is 2.44. The lowest BCUT2D eigenvalue weighted by Crippen LogP contribution is -2.43. The number of hydrogen-bond donors (Lipinski definition) is 0. The molecular weight excluding hydrogens is 522 g/mol. The summed E-state index contributed by atoms with van der Waals surface area (Å²) >= 11 is 3.76. The number of carbonyl (C=O) groups is 2. The minimum atomic E-state index is -0.235. The molecule has 2 aliphatic heterocycles. The molecule has 36 heavy (non-hydrogen) atoms. The minimum Gasteiger partial charge on any atom is -0.463 e. The van der Waals surface area contributed by atoms with Crippen LogP contribution in [-0.4, -0.2) is 54.2 Å². The predicted molar refractivity (Wildman–Crippen MR) is 143 cm³/mol. The van der Waals surface area contributed by atoms with Crippen LogP contribution >= 0.6 is 15.9 Å². The van der Waals surface area contributed by atoms with Crippen LogP contribution < -0.4 is 4.90 Å². The summed E-state index contributed by atoms with van der Waals surface area (Å²) in [5.74, 6) is -0.235. The van der Waals surface area contributed by atoms with Gasteiger partial charge >= 0.3 is 12.1 Å². The van der Waals surface area contributed by atoms with Gasteiger partial charge < -0.3 is 19.3 Å². The molecule has 0 aliphatic carbocycles. The maximum atomic E-state index is 12.7. The van der Waals surface area contributed by atoms with Crippen molar-refractivity contribution in [1.29, 1.82) is 0 Å². The standard InChI is InChI=1S/C28H36BrN3O4/c1-19(2)36-24(33)16-23-20(3)30-21(4)25(29)26(23)31-13-10-28(11-14-31)12-15-32(18-28)27(34)35-17-22-8-6-5-7-9-22/h5-9,19H,10-18H2,1-4H3. The van der Waals surface area contributed by atoms with Gasteiger partial charge in [0.2, 0.25) is 0 Å². The largest absolute Gasteiger partial charge is 0.463 e. The molecule has 7 nitrogen and oxygen atoms in total. The Hall–Kier alpha value is -2.61. The number of aryl methyl sites for hydroxylation is 2. The number of amides is 1. The molecule has 0 radical (unpaired) electrons. The highest BCUT2D eigenvalue weighted by Gasteiger charge is 2.43. The number of benzene rings is 1. The fourth-order valence-electron chi connectivity index (χ4n) is 5.35. The molecule has 2 fully saturated rings. The van der Waals surface area contributed by atoms with E-state index in [9.17, 15) is 9.59 Å². The van der Waals surface area contributed by atoms with E-state index in [0.717, 1.165) is 78.1 Å². The van der Waals surface area contributed by atoms with Crippen LogP contribution in [0.15, 0.2) is 34.8 Å². The summed E-state index contributed by atoms with van der Waals surface area (Å²) in [6, 6.07) is 9.78. The van der Waals surface area contributed by atoms with E-state index in [1.54, 1.807) is 0 Å². The Morgan fingerprint density at radius 1 is 1.06 bits per heavy atom. The lowest BCUT2D eigenvalue weighted by atomic mass is 9.77. The maximum Gasteiger partial charge on any atom is 0.410 e. The van der Waals surface area contributed by atoms with Crippen molar-refractivity contribution in [3.8, 4) is 0 Å². The molecule has 2 aromatic rings. The normalized spacial score (nSPS) is 17.1. The lowest BCUT2D eigenvalue weighted by Gasteiger charge is -2.41. The summed E-state index contributed by atoms with van der Waals surface area (Å²) in [5, 5.41) is 0. The third kappa shape index (κ3) is 6.02. The fourth-order valence-corrected chi connectivity index (χ4v) is 5.93. The van der Waals surface area contributed by atoms with Crippen molar-refractivity contribution >= 4 is 33.7 Å². The molecule has 0 bridgehead atoms. The molecule has 1 aromatic carbocycles. The van der Waals surface area contributed by atoms with Crippen molar-refractivity contribution in [3.05, 3.63) is 57.3 Å². The Kier molecular flexibility index (Phi) is 8.23. The molecule has 3 heterocycles. The second-order valence-electron chi connectivity index (χ2n) is 10.3. The SMILES string of the molecule is Cc1nc(C)c(CC(=O)OC(C)C)c(N2CCC3(CCN(C(=O)OCc4ccccc4)C3)CC2)c1Br. The Morgan fingerprint density at radius 3 is 2.39 bits per heavy atom. The zero-order valence-corrected chi connectivity index (χ0v) is 23.3. The number of nitrogens with zero attached hydrogens (tertiary/aromatic N) is 3. The average Bonchev–Trinajstić information content (AvgIpc) is 3.26. The first kappa shape index (κ1) is 26.5. The van der Waals surface area contributed by atoms with E-state index in [0.29, 0.717) is 6.61 Å². The van der Waals surface area contributed by atoms with Gasteiger partial charge in [-0.05, 0) is 73.9 Å². The van der Waals surface area contributed by atoms with E-state index >= 15 is 0 Å². The second kappa shape index (κ2) is 11.2. The van der Waals surface area contributed by atoms with Crippen LogP contribution in [0.2, 0.25) is 0 Å². The number of anilines is 1. The Bertz CT molecular complexity index is 1100. The number of aromatic nitrogens is 1. The summed E-state index contributed by atoms with van der Waals surface area (Å²) in [4.78, 5) is 34.1. The number of pyridine rings is 1. The van der Waals surface area contributed by atoms with Crippen LogP contribution in [-0.2, 0) is 27.3 Å². The second-order valence-corrected chi connectivity index (χ2v) is 11.1. The molecule has 2 aliphatic rings. The summed E-state index contributed by atoms with van der Waals surface area (Å²) in [6.07, 6.45) is 2.78. The summed E-state index contributed by atoms with van der Waals surface area (Å²) in [5.41, 5.74) is 4.86. The van der Waals surface area contributed by atoms with Crippen LogP contribution in [0.25, 0.3) is 0 Å². The molecule has 0 atom stereocenters. The van der Waals surface area contributed by atoms with E-state index in [1.807, 2.05) is 62.9 Å². The van der Waals surface area contributed by atoms with Gasteiger partial charge in [-0.15, -0.1) is 0 Å². The van der Waals surface area contributed by atoms with E-state index in [-0.39, 0.29) is 30.0 Å². The van der Waals surface area contributed by atoms with Crippen molar-refractivity contribution in [2.75, 3.05) is 31.1 Å². The number of piperidine rings is 1. The first-order chi connectivity index (χ1) is 17.2. The first-order valence-electron chi connectivity index (χ1n) is 12.7. The number of likely N-dealkylation sites (tertiary alicyclic amines) is 1. The number of hydrogen-bond acceptors (Lipinski definition) is 6. The van der Waals surface area contributed by atoms with Gasteiger partial charge in [-0.3, -0.25) is 9.78 Å². The highest BCUT2D eigenvalue weighted by molar-refractivity contribution is 9.10. The van der Waals surface area contributed by atoms with E-state index in [2.05, 4.69) is 25.8 Å². The van der Waals surface area contributed by atoms with Gasteiger partial charge in [0.25, 0.3) is 0 Å². The van der Waals surface area contributed by atoms with Gasteiger partial charge in [0.15, 0.2) is 0 Å².